The minimum atomic E-state index is -3.77. The highest BCUT2D eigenvalue weighted by Gasteiger charge is 2.32. The van der Waals surface area contributed by atoms with Crippen molar-refractivity contribution in [3.8, 4) is 5.75 Å². The first-order valence-electron chi connectivity index (χ1n) is 9.17. The largest absolute Gasteiger partial charge is 0.508 e. The number of benzene rings is 2. The third-order valence-corrected chi connectivity index (χ3v) is 5.84. The van der Waals surface area contributed by atoms with Crippen LogP contribution in [-0.2, 0) is 16.6 Å². The number of nitrogens with two attached hydrogens (primary N) is 1. The molecule has 0 bridgehead atoms. The lowest BCUT2D eigenvalue weighted by Gasteiger charge is -2.24. The van der Waals surface area contributed by atoms with Crippen molar-refractivity contribution < 1.29 is 13.5 Å². The summed E-state index contributed by atoms with van der Waals surface area (Å²) in [6.45, 7) is 2.74. The van der Waals surface area contributed by atoms with Crippen molar-refractivity contribution in [1.82, 2.24) is 9.78 Å². The molecule has 1 aliphatic heterocycles. The van der Waals surface area contributed by atoms with Crippen LogP contribution in [-0.4, -0.2) is 29.0 Å². The number of hydrogen-bond donors (Lipinski definition) is 2. The van der Waals surface area contributed by atoms with E-state index in [0.717, 1.165) is 29.2 Å². The summed E-state index contributed by atoms with van der Waals surface area (Å²) in [5, 5.41) is 26.1. The molecule has 1 atom stereocenters. The Kier molecular flexibility index (Phi) is 4.85. The number of hydrogen-bond acceptors (Lipinski definition) is 6. The van der Waals surface area contributed by atoms with Crippen molar-refractivity contribution in [3.63, 3.8) is 0 Å². The van der Waals surface area contributed by atoms with Crippen molar-refractivity contribution in [2.45, 2.75) is 30.8 Å². The van der Waals surface area contributed by atoms with Gasteiger partial charge in [-0.2, -0.15) is 10.2 Å². The fourth-order valence-corrected chi connectivity index (χ4v) is 4.03. The topological polar surface area (TPSA) is 114 Å². The quantitative estimate of drug-likeness (QED) is 0.670. The van der Waals surface area contributed by atoms with Crippen molar-refractivity contribution >= 4 is 21.4 Å². The van der Waals surface area contributed by atoms with E-state index in [1.165, 1.54) is 12.1 Å². The zero-order valence-electron chi connectivity index (χ0n) is 15.8. The average Bonchev–Trinajstić information content (AvgIpc) is 3.34. The van der Waals surface area contributed by atoms with Crippen LogP contribution in [0.25, 0.3) is 0 Å². The molecule has 0 saturated carbocycles. The number of nitrogens with zero attached hydrogens (tertiary/aromatic N) is 4. The first-order chi connectivity index (χ1) is 13.9. The molecule has 29 heavy (non-hydrogen) atoms. The lowest BCUT2D eigenvalue weighted by molar-refractivity contribution is 0.475. The van der Waals surface area contributed by atoms with Crippen molar-refractivity contribution in [1.29, 1.82) is 0 Å². The van der Waals surface area contributed by atoms with Crippen LogP contribution in [0, 0.1) is 0 Å². The van der Waals surface area contributed by atoms with Gasteiger partial charge in [0.05, 0.1) is 28.0 Å². The summed E-state index contributed by atoms with van der Waals surface area (Å²) in [5.41, 5.74) is 3.40. The molecular formula is C20H21N5O3S. The van der Waals surface area contributed by atoms with Gasteiger partial charge >= 0.3 is 0 Å². The monoisotopic (exact) mass is 411 g/mol. The highest BCUT2D eigenvalue weighted by Crippen LogP contribution is 2.37. The number of phenolic OH excluding ortho intramolecular Hbond substituents is 1. The Morgan fingerprint density at radius 2 is 1.93 bits per heavy atom. The minimum absolute atomic E-state index is 0.0489. The molecular weight excluding hydrogens is 390 g/mol. The molecule has 2 aromatic carbocycles. The number of aromatic nitrogens is 2. The van der Waals surface area contributed by atoms with Crippen molar-refractivity contribution in [2.24, 2.45) is 10.2 Å². The van der Waals surface area contributed by atoms with E-state index in [0.29, 0.717) is 6.42 Å². The van der Waals surface area contributed by atoms with Crippen LogP contribution >= 0.6 is 0 Å². The Labute approximate surface area is 168 Å². The van der Waals surface area contributed by atoms with Crippen LogP contribution in [0.3, 0.4) is 0 Å². The summed E-state index contributed by atoms with van der Waals surface area (Å²) in [5.74, 6) is 0.177. The Hall–Kier alpha value is -3.17. The van der Waals surface area contributed by atoms with Gasteiger partial charge in [-0.15, -0.1) is 0 Å². The average molecular weight is 411 g/mol. The van der Waals surface area contributed by atoms with Crippen LogP contribution in [0.5, 0.6) is 5.75 Å². The zero-order chi connectivity index (χ0) is 20.6. The molecule has 0 unspecified atom stereocenters. The highest BCUT2D eigenvalue weighted by molar-refractivity contribution is 7.89. The SMILES string of the molecule is CCn1nccc1[C@H]1CC(c2cccc(O)c2)=NN1c1ccc(S(N)(=O)=O)cc1. The predicted octanol–water partition coefficient (Wildman–Crippen LogP) is 2.61. The molecule has 0 radical (unpaired) electrons. The smallest absolute Gasteiger partial charge is 0.238 e. The molecule has 0 aliphatic carbocycles. The van der Waals surface area contributed by atoms with E-state index in [2.05, 4.69) is 5.10 Å². The Bertz CT molecular complexity index is 1170. The molecule has 3 aromatic rings. The van der Waals surface area contributed by atoms with Gasteiger partial charge in [0.25, 0.3) is 0 Å². The summed E-state index contributed by atoms with van der Waals surface area (Å²) in [6, 6.07) is 15.1. The maximum absolute atomic E-state index is 11.6. The van der Waals surface area contributed by atoms with Gasteiger partial charge in [-0.3, -0.25) is 9.69 Å². The Morgan fingerprint density at radius 3 is 2.59 bits per heavy atom. The highest BCUT2D eigenvalue weighted by atomic mass is 32.2. The van der Waals surface area contributed by atoms with Gasteiger partial charge in [0.15, 0.2) is 0 Å². The molecule has 150 valence electrons. The van der Waals surface area contributed by atoms with Crippen LogP contribution < -0.4 is 10.1 Å². The van der Waals surface area contributed by atoms with Gasteiger partial charge in [0.2, 0.25) is 10.0 Å². The minimum Gasteiger partial charge on any atom is -0.508 e. The van der Waals surface area contributed by atoms with Gasteiger partial charge < -0.3 is 5.11 Å². The van der Waals surface area contributed by atoms with Crippen LogP contribution in [0.15, 0.2) is 70.8 Å². The molecule has 2 heterocycles. The summed E-state index contributed by atoms with van der Waals surface area (Å²) < 4.78 is 25.1. The molecule has 9 heteroatoms. The van der Waals surface area contributed by atoms with E-state index >= 15 is 0 Å². The van der Waals surface area contributed by atoms with E-state index in [9.17, 15) is 13.5 Å². The fraction of sp³-hybridized carbons (Fsp3) is 0.200. The van der Waals surface area contributed by atoms with Gasteiger partial charge in [0.1, 0.15) is 5.75 Å². The van der Waals surface area contributed by atoms with E-state index in [-0.39, 0.29) is 16.7 Å². The summed E-state index contributed by atoms with van der Waals surface area (Å²) in [7, 11) is -3.77. The van der Waals surface area contributed by atoms with Crippen molar-refractivity contribution in [2.75, 3.05) is 5.01 Å². The number of hydrazone groups is 1. The number of primary sulfonamides is 1. The Morgan fingerprint density at radius 1 is 1.17 bits per heavy atom. The molecule has 4 rings (SSSR count). The number of rotatable bonds is 5. The van der Waals surface area contributed by atoms with Gasteiger partial charge in [0, 0.05) is 24.7 Å². The second-order valence-corrected chi connectivity index (χ2v) is 8.33. The number of phenols is 1. The van der Waals surface area contributed by atoms with Crippen molar-refractivity contribution in [3.05, 3.63) is 72.1 Å². The molecule has 0 amide bonds. The molecule has 0 fully saturated rings. The van der Waals surface area contributed by atoms with Crippen LogP contribution in [0.4, 0.5) is 5.69 Å². The van der Waals surface area contributed by atoms with E-state index in [1.54, 1.807) is 36.5 Å². The first kappa shape index (κ1) is 19.2. The van der Waals surface area contributed by atoms with Gasteiger partial charge in [-0.1, -0.05) is 12.1 Å². The van der Waals surface area contributed by atoms with E-state index in [1.807, 2.05) is 28.7 Å². The summed E-state index contributed by atoms with van der Waals surface area (Å²) in [4.78, 5) is 0.0489. The number of aromatic hydroxyl groups is 1. The predicted molar refractivity (Wildman–Crippen MR) is 110 cm³/mol. The third kappa shape index (κ3) is 3.74. The van der Waals surface area contributed by atoms with Crippen LogP contribution in [0.1, 0.15) is 30.6 Å². The van der Waals surface area contributed by atoms with Crippen LogP contribution in [0.2, 0.25) is 0 Å². The zero-order valence-corrected chi connectivity index (χ0v) is 16.6. The lowest BCUT2D eigenvalue weighted by atomic mass is 10.0. The maximum Gasteiger partial charge on any atom is 0.238 e. The number of sulfonamides is 1. The molecule has 1 aromatic heterocycles. The molecule has 3 N–H and O–H groups in total. The Balaban J connectivity index is 1.77. The molecule has 0 spiro atoms. The van der Waals surface area contributed by atoms with E-state index in [4.69, 9.17) is 10.2 Å². The van der Waals surface area contributed by atoms with Gasteiger partial charge in [-0.05, 0) is 49.4 Å². The van der Waals surface area contributed by atoms with E-state index < -0.39 is 10.0 Å². The second-order valence-electron chi connectivity index (χ2n) is 6.77. The number of aryl methyl sites for hydroxylation is 1. The standard InChI is InChI=1S/C20H21N5O3S/c1-2-24-19(10-11-22-24)20-13-18(14-4-3-5-16(26)12-14)23-25(20)15-6-8-17(9-7-15)29(21,27)28/h3-12,20,26H,2,13H2,1H3,(H2,21,27,28)/t20-/m1/s1. The number of anilines is 1. The molecule has 0 saturated heterocycles. The summed E-state index contributed by atoms with van der Waals surface area (Å²) in [6.07, 6.45) is 2.37. The third-order valence-electron chi connectivity index (χ3n) is 4.91. The summed E-state index contributed by atoms with van der Waals surface area (Å²) >= 11 is 0. The second kappa shape index (κ2) is 7.34. The lowest BCUT2D eigenvalue weighted by Crippen LogP contribution is -2.22. The first-order valence-corrected chi connectivity index (χ1v) is 10.7. The maximum atomic E-state index is 11.6. The molecule has 1 aliphatic rings. The molecule has 8 nitrogen and oxygen atoms in total. The fourth-order valence-electron chi connectivity index (χ4n) is 3.52. The normalized spacial score (nSPS) is 16.8. The van der Waals surface area contributed by atoms with Gasteiger partial charge in [-0.25, -0.2) is 13.6 Å².